The van der Waals surface area contributed by atoms with Crippen molar-refractivity contribution in [1.29, 1.82) is 0 Å². The van der Waals surface area contributed by atoms with Crippen LogP contribution in [0.1, 0.15) is 10.7 Å². The highest BCUT2D eigenvalue weighted by atomic mass is 32.2. The summed E-state index contributed by atoms with van der Waals surface area (Å²) in [5, 5.41) is 11.2. The smallest absolute Gasteiger partial charge is 0.406 e. The number of hydrogen-bond donors (Lipinski definition) is 1. The van der Waals surface area contributed by atoms with Gasteiger partial charge < -0.3 is 10.0 Å². The number of halogens is 3. The van der Waals surface area contributed by atoms with E-state index in [-0.39, 0.29) is 5.75 Å². The Labute approximate surface area is 127 Å². The number of rotatable bonds is 7. The van der Waals surface area contributed by atoms with Gasteiger partial charge in [-0.15, -0.1) is 23.1 Å². The number of nitrogens with zero attached hydrogens (tertiary/aromatic N) is 2. The zero-order valence-corrected chi connectivity index (χ0v) is 12.6. The number of aryl methyl sites for hydroxylation is 1. The van der Waals surface area contributed by atoms with Gasteiger partial charge in [0.05, 0.1) is 16.5 Å². The molecule has 10 heteroatoms. The van der Waals surface area contributed by atoms with Gasteiger partial charge in [0.2, 0.25) is 5.91 Å². The van der Waals surface area contributed by atoms with E-state index in [0.29, 0.717) is 10.7 Å². The molecule has 0 radical (unpaired) electrons. The van der Waals surface area contributed by atoms with Crippen LogP contribution in [0.3, 0.4) is 0 Å². The average molecular weight is 342 g/mol. The minimum absolute atomic E-state index is 0.222. The second-order valence-electron chi connectivity index (χ2n) is 4.11. The Balaban J connectivity index is 2.49. The van der Waals surface area contributed by atoms with Gasteiger partial charge in [-0.2, -0.15) is 13.2 Å². The van der Waals surface area contributed by atoms with E-state index in [1.165, 1.54) is 11.3 Å². The molecule has 1 heterocycles. The molecule has 0 fully saturated rings. The first-order chi connectivity index (χ1) is 9.67. The third-order valence-electron chi connectivity index (χ3n) is 2.19. The number of carboxylic acids is 1. The number of aromatic nitrogens is 1. The highest BCUT2D eigenvalue weighted by molar-refractivity contribution is 7.99. The van der Waals surface area contributed by atoms with Crippen LogP contribution in [0.15, 0.2) is 5.38 Å². The Morgan fingerprint density at radius 3 is 2.62 bits per heavy atom. The third kappa shape index (κ3) is 7.32. The number of thiazole rings is 1. The molecule has 1 rings (SSSR count). The van der Waals surface area contributed by atoms with Crippen LogP contribution in [-0.2, 0) is 15.3 Å². The van der Waals surface area contributed by atoms with Gasteiger partial charge in [-0.1, -0.05) is 0 Å². The third-order valence-corrected chi connectivity index (χ3v) is 3.96. The normalized spacial score (nSPS) is 11.4. The number of aliphatic carboxylic acids is 1. The SMILES string of the molecule is Cc1nc(CSCC(=O)N(CC(=O)O)CC(F)(F)F)cs1. The molecule has 21 heavy (non-hydrogen) atoms. The number of thioether (sulfide) groups is 1. The Morgan fingerprint density at radius 2 is 2.14 bits per heavy atom. The summed E-state index contributed by atoms with van der Waals surface area (Å²) in [7, 11) is 0. The number of hydrogen-bond acceptors (Lipinski definition) is 5. The Hall–Kier alpha value is -1.29. The maximum atomic E-state index is 12.3. The zero-order valence-electron chi connectivity index (χ0n) is 11.0. The molecule has 1 aromatic heterocycles. The summed E-state index contributed by atoms with van der Waals surface area (Å²) in [5.74, 6) is -2.16. The molecule has 0 saturated heterocycles. The highest BCUT2D eigenvalue weighted by Crippen LogP contribution is 2.19. The van der Waals surface area contributed by atoms with Crippen LogP contribution in [0.5, 0.6) is 0 Å². The maximum Gasteiger partial charge on any atom is 0.406 e. The molecule has 118 valence electrons. The van der Waals surface area contributed by atoms with Gasteiger partial charge in [-0.25, -0.2) is 4.98 Å². The van der Waals surface area contributed by atoms with Gasteiger partial charge in [0.25, 0.3) is 0 Å². The Bertz CT molecular complexity index is 505. The van der Waals surface area contributed by atoms with Crippen molar-refractivity contribution in [3.05, 3.63) is 16.1 Å². The zero-order chi connectivity index (χ0) is 16.0. The monoisotopic (exact) mass is 342 g/mol. The van der Waals surface area contributed by atoms with Crippen LogP contribution in [0, 0.1) is 6.92 Å². The van der Waals surface area contributed by atoms with E-state index in [2.05, 4.69) is 4.98 Å². The van der Waals surface area contributed by atoms with Crippen molar-refractivity contribution in [3.63, 3.8) is 0 Å². The Kier molecular flexibility index (Phi) is 6.46. The molecule has 0 saturated carbocycles. The summed E-state index contributed by atoms with van der Waals surface area (Å²) in [4.78, 5) is 26.6. The van der Waals surface area contributed by atoms with Crippen molar-refractivity contribution in [3.8, 4) is 0 Å². The van der Waals surface area contributed by atoms with Crippen molar-refractivity contribution >= 4 is 35.0 Å². The molecule has 0 aliphatic carbocycles. The molecule has 0 atom stereocenters. The molecule has 0 bridgehead atoms. The quantitative estimate of drug-likeness (QED) is 0.822. The second kappa shape index (κ2) is 7.64. The number of carboxylic acid groups (broad SMARTS) is 1. The molecule has 0 unspecified atom stereocenters. The van der Waals surface area contributed by atoms with E-state index in [9.17, 15) is 22.8 Å². The first kappa shape index (κ1) is 17.8. The van der Waals surface area contributed by atoms with Crippen molar-refractivity contribution in [2.24, 2.45) is 0 Å². The number of amides is 1. The van der Waals surface area contributed by atoms with E-state index in [1.807, 2.05) is 6.92 Å². The second-order valence-corrected chi connectivity index (χ2v) is 6.16. The topological polar surface area (TPSA) is 70.5 Å². The molecule has 5 nitrogen and oxygen atoms in total. The lowest BCUT2D eigenvalue weighted by Crippen LogP contribution is -2.42. The molecule has 0 aromatic carbocycles. The van der Waals surface area contributed by atoms with Crippen molar-refractivity contribution in [2.45, 2.75) is 18.9 Å². The standard InChI is InChI=1S/C11H13F3N2O3S2/c1-7-15-8(4-21-7)3-20-5-9(17)16(2-10(18)19)6-11(12,13)14/h4H,2-3,5-6H2,1H3,(H,18,19). The van der Waals surface area contributed by atoms with Crippen molar-refractivity contribution in [1.82, 2.24) is 9.88 Å². The van der Waals surface area contributed by atoms with Gasteiger partial charge >= 0.3 is 12.1 Å². The highest BCUT2D eigenvalue weighted by Gasteiger charge is 2.33. The fraction of sp³-hybridized carbons (Fsp3) is 0.545. The van der Waals surface area contributed by atoms with Crippen molar-refractivity contribution in [2.75, 3.05) is 18.8 Å². The van der Waals surface area contributed by atoms with Gasteiger partial charge in [0, 0.05) is 11.1 Å². The predicted octanol–water partition coefficient (Wildman–Crippen LogP) is 2.16. The fourth-order valence-corrected chi connectivity index (χ4v) is 2.96. The van der Waals surface area contributed by atoms with E-state index in [4.69, 9.17) is 5.11 Å². The lowest BCUT2D eigenvalue weighted by Gasteiger charge is -2.21. The van der Waals surface area contributed by atoms with E-state index >= 15 is 0 Å². The van der Waals surface area contributed by atoms with E-state index in [1.54, 1.807) is 5.38 Å². The van der Waals surface area contributed by atoms with Gasteiger partial charge in [0.1, 0.15) is 13.1 Å². The molecule has 1 amide bonds. The molecular weight excluding hydrogens is 329 g/mol. The summed E-state index contributed by atoms with van der Waals surface area (Å²) in [6, 6.07) is 0. The fourth-order valence-electron chi connectivity index (χ4n) is 1.42. The molecule has 0 aliphatic heterocycles. The lowest BCUT2D eigenvalue weighted by molar-refractivity contribution is -0.164. The van der Waals surface area contributed by atoms with Crippen molar-refractivity contribution < 1.29 is 27.9 Å². The van der Waals surface area contributed by atoms with Crippen LogP contribution < -0.4 is 0 Å². The minimum atomic E-state index is -4.62. The number of carbonyl (C=O) groups excluding carboxylic acids is 1. The van der Waals surface area contributed by atoms with Crippen LogP contribution in [-0.4, -0.2) is 51.9 Å². The minimum Gasteiger partial charge on any atom is -0.480 e. The summed E-state index contributed by atoms with van der Waals surface area (Å²) in [6.45, 7) is -0.703. The largest absolute Gasteiger partial charge is 0.480 e. The first-order valence-corrected chi connectivity index (χ1v) is 7.76. The van der Waals surface area contributed by atoms with Crippen LogP contribution in [0.4, 0.5) is 13.2 Å². The summed E-state index contributed by atoms with van der Waals surface area (Å²) in [6.07, 6.45) is -4.62. The molecule has 0 aliphatic rings. The van der Waals surface area contributed by atoms with E-state index < -0.39 is 31.1 Å². The predicted molar refractivity (Wildman–Crippen MR) is 73.3 cm³/mol. The van der Waals surface area contributed by atoms with Gasteiger partial charge in [-0.05, 0) is 6.92 Å². The number of alkyl halides is 3. The van der Waals surface area contributed by atoms with Gasteiger partial charge in [0.15, 0.2) is 0 Å². The lowest BCUT2D eigenvalue weighted by atomic mass is 10.4. The first-order valence-electron chi connectivity index (χ1n) is 5.72. The van der Waals surface area contributed by atoms with E-state index in [0.717, 1.165) is 22.5 Å². The van der Waals surface area contributed by atoms with Crippen LogP contribution in [0.25, 0.3) is 0 Å². The molecule has 1 aromatic rings. The Morgan fingerprint density at radius 1 is 1.48 bits per heavy atom. The molecule has 1 N–H and O–H groups in total. The molecular formula is C11H13F3N2O3S2. The van der Waals surface area contributed by atoms with Gasteiger partial charge in [-0.3, -0.25) is 9.59 Å². The molecule has 0 spiro atoms. The van der Waals surface area contributed by atoms with Crippen LogP contribution in [0.2, 0.25) is 0 Å². The maximum absolute atomic E-state index is 12.3. The summed E-state index contributed by atoms with van der Waals surface area (Å²) >= 11 is 2.54. The van der Waals surface area contributed by atoms with Crippen LogP contribution >= 0.6 is 23.1 Å². The summed E-state index contributed by atoms with van der Waals surface area (Å²) in [5.41, 5.74) is 0.746. The average Bonchev–Trinajstić information content (AvgIpc) is 2.71. The summed E-state index contributed by atoms with van der Waals surface area (Å²) < 4.78 is 36.9. The number of carbonyl (C=O) groups is 2.